The zero-order chi connectivity index (χ0) is 18.1. The molecule has 0 saturated carbocycles. The number of hydrogen-bond donors (Lipinski definition) is 1. The van der Waals surface area contributed by atoms with E-state index in [1.54, 1.807) is 24.3 Å². The van der Waals surface area contributed by atoms with Gasteiger partial charge in [-0.2, -0.15) is 0 Å². The molecule has 0 spiro atoms. The molecular formula is C21H15ClN2O2. The van der Waals surface area contributed by atoms with Gasteiger partial charge in [-0.05, 0) is 47.0 Å². The number of halogens is 1. The molecule has 5 heteroatoms. The number of fused-ring (bicyclic) bond motifs is 1. The molecule has 1 aliphatic heterocycles. The second-order valence-electron chi connectivity index (χ2n) is 6.16. The van der Waals surface area contributed by atoms with E-state index in [4.69, 9.17) is 11.6 Å². The number of urea groups is 1. The quantitative estimate of drug-likeness (QED) is 0.657. The lowest BCUT2D eigenvalue weighted by Gasteiger charge is -2.13. The summed E-state index contributed by atoms with van der Waals surface area (Å²) in [5.41, 5.74) is 6.66. The van der Waals surface area contributed by atoms with Gasteiger partial charge in [-0.1, -0.05) is 48.0 Å². The van der Waals surface area contributed by atoms with Gasteiger partial charge in [0, 0.05) is 11.4 Å². The molecule has 1 atom stereocenters. The summed E-state index contributed by atoms with van der Waals surface area (Å²) >= 11 is 5.98. The van der Waals surface area contributed by atoms with Crippen LogP contribution in [0.25, 0.3) is 12.2 Å². The van der Waals surface area contributed by atoms with Crippen molar-refractivity contribution in [2.75, 3.05) is 4.90 Å². The third-order valence-electron chi connectivity index (χ3n) is 4.38. The van der Waals surface area contributed by atoms with E-state index in [0.717, 1.165) is 21.6 Å². The van der Waals surface area contributed by atoms with Crippen LogP contribution in [0, 0.1) is 0 Å². The number of carbonyl (C=O) groups excluding carboxylic acids is 2. The highest BCUT2D eigenvalue weighted by molar-refractivity contribution is 6.31. The molecule has 4 rings (SSSR count). The average Bonchev–Trinajstić information content (AvgIpc) is 2.78. The van der Waals surface area contributed by atoms with E-state index in [0.29, 0.717) is 17.1 Å². The second kappa shape index (κ2) is 6.68. The van der Waals surface area contributed by atoms with Crippen LogP contribution in [0.2, 0.25) is 5.02 Å². The minimum atomic E-state index is -0.597. The van der Waals surface area contributed by atoms with Crippen LogP contribution in [-0.2, 0) is 11.2 Å². The zero-order valence-corrected chi connectivity index (χ0v) is 14.5. The van der Waals surface area contributed by atoms with Crippen molar-refractivity contribution in [3.8, 4) is 0 Å². The number of rotatable bonds is 3. The lowest BCUT2D eigenvalue weighted by molar-refractivity contribution is -0.118. The first kappa shape index (κ1) is 16.4. The highest BCUT2D eigenvalue weighted by Crippen LogP contribution is 2.25. The number of benzene rings is 2. The Hall–Kier alpha value is -3.07. The van der Waals surface area contributed by atoms with Gasteiger partial charge in [-0.3, -0.25) is 4.79 Å². The Morgan fingerprint density at radius 1 is 1.12 bits per heavy atom. The summed E-state index contributed by atoms with van der Waals surface area (Å²) in [5, 5.41) is 3.24. The van der Waals surface area contributed by atoms with Crippen molar-refractivity contribution < 1.29 is 9.59 Å². The molecule has 4 nitrogen and oxygen atoms in total. The van der Waals surface area contributed by atoms with Crippen LogP contribution in [0.1, 0.15) is 16.7 Å². The molecule has 2 aliphatic rings. The summed E-state index contributed by atoms with van der Waals surface area (Å²) in [6.45, 7) is 0. The first-order chi connectivity index (χ1) is 12.6. The molecule has 0 aromatic heterocycles. The van der Waals surface area contributed by atoms with Crippen molar-refractivity contribution in [3.63, 3.8) is 0 Å². The number of anilines is 1. The normalized spacial score (nSPS) is 18.0. The van der Waals surface area contributed by atoms with Crippen LogP contribution in [0.3, 0.4) is 0 Å². The van der Waals surface area contributed by atoms with E-state index in [1.165, 1.54) is 0 Å². The molecule has 3 amide bonds. The van der Waals surface area contributed by atoms with E-state index in [1.807, 2.05) is 42.5 Å². The number of hydrogen-bond acceptors (Lipinski definition) is 2. The van der Waals surface area contributed by atoms with Crippen LogP contribution in [0.4, 0.5) is 10.5 Å². The predicted octanol–water partition coefficient (Wildman–Crippen LogP) is 4.20. The van der Waals surface area contributed by atoms with Gasteiger partial charge in [-0.15, -0.1) is 5.73 Å². The molecule has 1 unspecified atom stereocenters. The smallest absolute Gasteiger partial charge is 0.325 e. The summed E-state index contributed by atoms with van der Waals surface area (Å²) in [5.74, 6) is -0.275. The number of nitrogens with zero attached hydrogens (tertiary/aromatic N) is 1. The molecular weight excluding hydrogens is 348 g/mol. The Morgan fingerprint density at radius 2 is 2.00 bits per heavy atom. The first-order valence-electron chi connectivity index (χ1n) is 8.24. The molecule has 0 radical (unpaired) electrons. The van der Waals surface area contributed by atoms with Gasteiger partial charge >= 0.3 is 6.03 Å². The van der Waals surface area contributed by atoms with Crippen LogP contribution in [0.5, 0.6) is 0 Å². The summed E-state index contributed by atoms with van der Waals surface area (Å²) < 4.78 is 0. The predicted molar refractivity (Wildman–Crippen MR) is 103 cm³/mol. The molecule has 0 bridgehead atoms. The first-order valence-corrected chi connectivity index (χ1v) is 8.62. The van der Waals surface area contributed by atoms with Crippen LogP contribution >= 0.6 is 11.6 Å². The number of allylic oxidation sites excluding steroid dienone is 2. The third-order valence-corrected chi connectivity index (χ3v) is 4.62. The van der Waals surface area contributed by atoms with Crippen molar-refractivity contribution >= 4 is 41.4 Å². The zero-order valence-electron chi connectivity index (χ0n) is 13.8. The fourth-order valence-corrected chi connectivity index (χ4v) is 3.32. The molecule has 1 N–H and O–H groups in total. The molecule has 1 saturated heterocycles. The van der Waals surface area contributed by atoms with Crippen molar-refractivity contribution in [2.24, 2.45) is 0 Å². The Balaban J connectivity index is 1.57. The second-order valence-corrected chi connectivity index (χ2v) is 6.60. The van der Waals surface area contributed by atoms with Gasteiger partial charge in [0.15, 0.2) is 0 Å². The number of imide groups is 1. The summed E-state index contributed by atoms with van der Waals surface area (Å²) in [6.07, 6.45) is 8.14. The SMILES string of the molecule is O=C1NC(Cc2ccc3c(c2)C=C=CC=C3)C(=O)N1c1cccc(Cl)c1. The van der Waals surface area contributed by atoms with E-state index in [-0.39, 0.29) is 5.91 Å². The van der Waals surface area contributed by atoms with Crippen LogP contribution in [0.15, 0.2) is 60.3 Å². The summed E-state index contributed by atoms with van der Waals surface area (Å²) in [4.78, 5) is 26.2. The number of carbonyl (C=O) groups is 2. The Labute approximate surface area is 156 Å². The lowest BCUT2D eigenvalue weighted by Crippen LogP contribution is -2.32. The molecule has 26 heavy (non-hydrogen) atoms. The molecule has 2 aromatic carbocycles. The molecule has 2 aromatic rings. The van der Waals surface area contributed by atoms with E-state index in [9.17, 15) is 9.59 Å². The summed E-state index contributed by atoms with van der Waals surface area (Å²) in [7, 11) is 0. The maximum absolute atomic E-state index is 12.7. The fraction of sp³-hybridized carbons (Fsp3) is 0.0952. The van der Waals surface area contributed by atoms with Gasteiger partial charge in [0.1, 0.15) is 6.04 Å². The monoisotopic (exact) mass is 362 g/mol. The van der Waals surface area contributed by atoms with Crippen molar-refractivity contribution in [3.05, 3.63) is 82.1 Å². The van der Waals surface area contributed by atoms with Gasteiger partial charge in [0.2, 0.25) is 0 Å². The van der Waals surface area contributed by atoms with E-state index < -0.39 is 12.1 Å². The van der Waals surface area contributed by atoms with Gasteiger partial charge in [0.25, 0.3) is 5.91 Å². The minimum absolute atomic E-state index is 0.275. The van der Waals surface area contributed by atoms with Crippen molar-refractivity contribution in [1.82, 2.24) is 5.32 Å². The van der Waals surface area contributed by atoms with Gasteiger partial charge in [-0.25, -0.2) is 9.69 Å². The number of nitrogens with one attached hydrogen (secondary N) is 1. The van der Waals surface area contributed by atoms with Crippen LogP contribution < -0.4 is 10.2 Å². The Bertz CT molecular complexity index is 1000. The highest BCUT2D eigenvalue weighted by Gasteiger charge is 2.39. The lowest BCUT2D eigenvalue weighted by atomic mass is 9.99. The van der Waals surface area contributed by atoms with Crippen molar-refractivity contribution in [1.29, 1.82) is 0 Å². The van der Waals surface area contributed by atoms with Crippen LogP contribution in [-0.4, -0.2) is 18.0 Å². The topological polar surface area (TPSA) is 49.4 Å². The third kappa shape index (κ3) is 3.08. The average molecular weight is 363 g/mol. The molecule has 1 fully saturated rings. The standard InChI is InChI=1S/C21H15ClN2O2/c22-17-7-4-8-18(13-17)24-20(25)19(23-21(24)26)12-14-9-10-15-5-2-1-3-6-16(15)11-14/h1-2,4-11,13,19H,12H2,(H,23,26). The Morgan fingerprint density at radius 3 is 2.85 bits per heavy atom. The van der Waals surface area contributed by atoms with Gasteiger partial charge in [0.05, 0.1) is 5.69 Å². The minimum Gasteiger partial charge on any atom is -0.325 e. The van der Waals surface area contributed by atoms with E-state index >= 15 is 0 Å². The van der Waals surface area contributed by atoms with E-state index in [2.05, 4.69) is 11.0 Å². The summed E-state index contributed by atoms with van der Waals surface area (Å²) in [6, 6.07) is 11.7. The largest absolute Gasteiger partial charge is 0.329 e. The van der Waals surface area contributed by atoms with Crippen molar-refractivity contribution in [2.45, 2.75) is 12.5 Å². The van der Waals surface area contributed by atoms with Gasteiger partial charge < -0.3 is 5.32 Å². The fourth-order valence-electron chi connectivity index (χ4n) is 3.14. The maximum atomic E-state index is 12.7. The number of amides is 3. The highest BCUT2D eigenvalue weighted by atomic mass is 35.5. The molecule has 1 heterocycles. The molecule has 1 aliphatic carbocycles. The maximum Gasteiger partial charge on any atom is 0.329 e. The molecule has 128 valence electrons. The Kier molecular flexibility index (Phi) is 4.21.